The fraction of sp³-hybridized carbons (Fsp3) is 0.688. The predicted molar refractivity (Wildman–Crippen MR) is 74.1 cm³/mol. The van der Waals surface area contributed by atoms with Crippen molar-refractivity contribution in [3.05, 3.63) is 11.1 Å². The molecule has 1 fully saturated rings. The van der Waals surface area contributed by atoms with Gasteiger partial charge < -0.3 is 9.90 Å². The summed E-state index contributed by atoms with van der Waals surface area (Å²) in [5.41, 5.74) is 0.260. The van der Waals surface area contributed by atoms with Gasteiger partial charge in [-0.1, -0.05) is 19.4 Å². The van der Waals surface area contributed by atoms with Crippen molar-refractivity contribution in [2.45, 2.75) is 47.0 Å². The van der Waals surface area contributed by atoms with Gasteiger partial charge in [0.25, 0.3) is 5.78 Å². The molecule has 0 heterocycles. The van der Waals surface area contributed by atoms with Crippen LogP contribution in [0.2, 0.25) is 0 Å². The maximum absolute atomic E-state index is 12.0. The van der Waals surface area contributed by atoms with Crippen LogP contribution in [0.4, 0.5) is 0 Å². The van der Waals surface area contributed by atoms with E-state index in [4.69, 9.17) is 5.11 Å². The van der Waals surface area contributed by atoms with Crippen LogP contribution in [0.25, 0.3) is 0 Å². The molecule has 0 aliphatic heterocycles. The molecular formula is C16H22O4. The fourth-order valence-corrected chi connectivity index (χ4v) is 4.35. The zero-order valence-electron chi connectivity index (χ0n) is 12.5. The number of rotatable bonds is 3. The minimum absolute atomic E-state index is 0.183. The van der Waals surface area contributed by atoms with Crippen LogP contribution >= 0.6 is 0 Å². The molecule has 0 aromatic heterocycles. The Labute approximate surface area is 119 Å². The van der Waals surface area contributed by atoms with Gasteiger partial charge in [-0.3, -0.25) is 4.79 Å². The number of allylic oxidation sites excluding steroid dienone is 1. The van der Waals surface area contributed by atoms with E-state index in [1.165, 1.54) is 0 Å². The van der Waals surface area contributed by atoms with E-state index in [1.54, 1.807) is 6.92 Å². The molecule has 0 spiro atoms. The number of carboxylic acids is 1. The number of aliphatic carboxylic acids is 1. The Morgan fingerprint density at radius 2 is 1.80 bits per heavy atom. The minimum atomic E-state index is -1.47. The van der Waals surface area contributed by atoms with E-state index in [0.29, 0.717) is 12.3 Å². The van der Waals surface area contributed by atoms with Crippen molar-refractivity contribution in [1.29, 1.82) is 0 Å². The Morgan fingerprint density at radius 1 is 1.20 bits per heavy atom. The second kappa shape index (κ2) is 4.54. The van der Waals surface area contributed by atoms with Crippen molar-refractivity contribution in [3.8, 4) is 0 Å². The number of aldehydes is 1. The van der Waals surface area contributed by atoms with Crippen molar-refractivity contribution >= 4 is 18.0 Å². The highest BCUT2D eigenvalue weighted by Gasteiger charge is 2.51. The lowest BCUT2D eigenvalue weighted by atomic mass is 9.63. The summed E-state index contributed by atoms with van der Waals surface area (Å²) in [6, 6.07) is 0. The first-order valence-electron chi connectivity index (χ1n) is 7.06. The van der Waals surface area contributed by atoms with Crippen LogP contribution in [0.3, 0.4) is 0 Å². The van der Waals surface area contributed by atoms with Gasteiger partial charge in [0.15, 0.2) is 0 Å². The van der Waals surface area contributed by atoms with Crippen LogP contribution in [0.1, 0.15) is 47.0 Å². The monoisotopic (exact) mass is 278 g/mol. The van der Waals surface area contributed by atoms with Crippen molar-refractivity contribution in [3.63, 3.8) is 0 Å². The number of hydrogen-bond acceptors (Lipinski definition) is 3. The molecule has 2 rings (SSSR count). The summed E-state index contributed by atoms with van der Waals surface area (Å²) in [5, 5.41) is 9.02. The van der Waals surface area contributed by atoms with Gasteiger partial charge in [0, 0.05) is 5.57 Å². The summed E-state index contributed by atoms with van der Waals surface area (Å²) in [7, 11) is 0. The predicted octanol–water partition coefficient (Wildman–Crippen LogP) is 2.62. The molecule has 1 saturated carbocycles. The van der Waals surface area contributed by atoms with Crippen molar-refractivity contribution in [2.75, 3.05) is 0 Å². The molecule has 0 radical (unpaired) electrons. The number of carboxylic acid groups (broad SMARTS) is 1. The van der Waals surface area contributed by atoms with Crippen molar-refractivity contribution in [2.24, 2.45) is 22.7 Å². The first-order valence-corrected chi connectivity index (χ1v) is 7.06. The van der Waals surface area contributed by atoms with E-state index < -0.39 is 17.2 Å². The maximum atomic E-state index is 12.0. The highest BCUT2D eigenvalue weighted by atomic mass is 16.4. The Kier molecular flexibility index (Phi) is 3.39. The van der Waals surface area contributed by atoms with E-state index in [-0.39, 0.29) is 16.9 Å². The van der Waals surface area contributed by atoms with Crippen molar-refractivity contribution in [1.82, 2.24) is 0 Å². The summed E-state index contributed by atoms with van der Waals surface area (Å²) >= 11 is 0. The van der Waals surface area contributed by atoms with E-state index in [0.717, 1.165) is 24.7 Å². The number of Topliss-reactive ketones (excluding diaryl/α,β-unsaturated/α-hetero) is 1. The summed E-state index contributed by atoms with van der Waals surface area (Å²) in [5.74, 6) is -1.79. The molecule has 1 N–H and O–H groups in total. The smallest absolute Gasteiger partial charge is 0.376 e. The average molecular weight is 278 g/mol. The molecule has 2 aliphatic rings. The quantitative estimate of drug-likeness (QED) is 0.636. The van der Waals surface area contributed by atoms with E-state index in [1.807, 2.05) is 6.92 Å². The molecule has 0 saturated heterocycles. The first kappa shape index (κ1) is 14.9. The van der Waals surface area contributed by atoms with E-state index in [2.05, 4.69) is 13.8 Å². The summed E-state index contributed by atoms with van der Waals surface area (Å²) in [4.78, 5) is 34.6. The number of ketones is 1. The molecule has 0 amide bonds. The third-order valence-corrected chi connectivity index (χ3v) is 5.05. The number of carbonyl (C=O) groups is 3. The zero-order valence-corrected chi connectivity index (χ0v) is 12.5. The minimum Gasteiger partial charge on any atom is -0.475 e. The fourth-order valence-electron chi connectivity index (χ4n) is 4.35. The van der Waals surface area contributed by atoms with Crippen LogP contribution in [0.5, 0.6) is 0 Å². The molecule has 0 bridgehead atoms. The normalized spacial score (nSPS) is 35.6. The molecule has 20 heavy (non-hydrogen) atoms. The summed E-state index contributed by atoms with van der Waals surface area (Å²) < 4.78 is 0. The molecule has 3 unspecified atom stereocenters. The molecule has 3 atom stereocenters. The Hall–Kier alpha value is -1.45. The highest BCUT2D eigenvalue weighted by molar-refractivity contribution is 6.40. The average Bonchev–Trinajstić information content (AvgIpc) is 2.63. The first-order chi connectivity index (χ1) is 9.11. The highest BCUT2D eigenvalue weighted by Crippen LogP contribution is 2.56. The zero-order chi connectivity index (χ0) is 15.3. The lowest BCUT2D eigenvalue weighted by Crippen LogP contribution is -2.38. The topological polar surface area (TPSA) is 71.4 Å². The maximum Gasteiger partial charge on any atom is 0.376 e. The third kappa shape index (κ3) is 2.21. The summed E-state index contributed by atoms with van der Waals surface area (Å²) in [6.07, 6.45) is 3.31. The summed E-state index contributed by atoms with van der Waals surface area (Å²) in [6.45, 7) is 7.91. The van der Waals surface area contributed by atoms with Gasteiger partial charge in [0.1, 0.15) is 6.29 Å². The second-order valence-electron chi connectivity index (χ2n) is 7.37. The molecule has 4 nitrogen and oxygen atoms in total. The molecule has 0 aromatic carbocycles. The van der Waals surface area contributed by atoms with Crippen LogP contribution in [-0.2, 0) is 14.4 Å². The van der Waals surface area contributed by atoms with Crippen LogP contribution in [-0.4, -0.2) is 23.1 Å². The molecular weight excluding hydrogens is 256 g/mol. The second-order valence-corrected chi connectivity index (χ2v) is 7.37. The van der Waals surface area contributed by atoms with Crippen molar-refractivity contribution < 1.29 is 19.5 Å². The molecule has 2 aliphatic carbocycles. The SMILES string of the molecule is CC1=C(C(=O)C(=O)O)C(C)(C=O)CC2CC(C)(C)CC12. The molecule has 0 aromatic rings. The van der Waals surface area contributed by atoms with Gasteiger partial charge >= 0.3 is 5.97 Å². The number of fused-ring (bicyclic) bond motifs is 1. The largest absolute Gasteiger partial charge is 0.475 e. The molecule has 4 heteroatoms. The van der Waals surface area contributed by atoms with Gasteiger partial charge in [-0.25, -0.2) is 4.79 Å². The lowest BCUT2D eigenvalue weighted by molar-refractivity contribution is -0.148. The molecule has 110 valence electrons. The van der Waals surface area contributed by atoms with Gasteiger partial charge in [0.2, 0.25) is 0 Å². The number of hydrogen-bond donors (Lipinski definition) is 1. The van der Waals surface area contributed by atoms with Crippen LogP contribution in [0.15, 0.2) is 11.1 Å². The Bertz CT molecular complexity index is 515. The standard InChI is InChI=1S/C16H22O4/c1-9-11-7-15(2,3)5-10(11)6-16(4,8-17)12(9)13(18)14(19)20/h8,10-11H,5-7H2,1-4H3,(H,19,20). The van der Waals surface area contributed by atoms with Gasteiger partial charge in [-0.15, -0.1) is 0 Å². The third-order valence-electron chi connectivity index (χ3n) is 5.05. The van der Waals surface area contributed by atoms with E-state index >= 15 is 0 Å². The Morgan fingerprint density at radius 3 is 2.30 bits per heavy atom. The lowest BCUT2D eigenvalue weighted by Gasteiger charge is -2.38. The van der Waals surface area contributed by atoms with Gasteiger partial charge in [-0.05, 0) is 50.4 Å². The van der Waals surface area contributed by atoms with E-state index in [9.17, 15) is 14.4 Å². The van der Waals surface area contributed by atoms with Crippen LogP contribution in [0, 0.1) is 22.7 Å². The Balaban J connectivity index is 2.54. The van der Waals surface area contributed by atoms with Gasteiger partial charge in [-0.2, -0.15) is 0 Å². The van der Waals surface area contributed by atoms with Gasteiger partial charge in [0.05, 0.1) is 5.41 Å². The number of carbonyl (C=O) groups excluding carboxylic acids is 2. The van der Waals surface area contributed by atoms with Crippen LogP contribution < -0.4 is 0 Å².